The van der Waals surface area contributed by atoms with Crippen molar-refractivity contribution in [2.45, 2.75) is 55.3 Å². The second-order valence-electron chi connectivity index (χ2n) is 8.68. The lowest BCUT2D eigenvalue weighted by molar-refractivity contribution is -0.124. The van der Waals surface area contributed by atoms with Gasteiger partial charge in [-0.2, -0.15) is 9.98 Å². The van der Waals surface area contributed by atoms with E-state index in [1.807, 2.05) is 18.2 Å². The number of alkyl halides is 1. The minimum atomic E-state index is -4.18. The maximum atomic E-state index is 14.4. The number of sulfonamides is 1. The predicted molar refractivity (Wildman–Crippen MR) is 121 cm³/mol. The van der Waals surface area contributed by atoms with Crippen LogP contribution in [0.5, 0.6) is 0 Å². The molecule has 0 radical (unpaired) electrons. The summed E-state index contributed by atoms with van der Waals surface area (Å²) in [5.41, 5.74) is -1.70. The highest BCUT2D eigenvalue weighted by Gasteiger charge is 2.46. The molecule has 0 spiro atoms. The fourth-order valence-electron chi connectivity index (χ4n) is 3.54. The van der Waals surface area contributed by atoms with Gasteiger partial charge in [0, 0.05) is 21.7 Å². The van der Waals surface area contributed by atoms with Crippen molar-refractivity contribution in [3.63, 3.8) is 0 Å². The number of nitriles is 1. The Morgan fingerprint density at radius 1 is 1.25 bits per heavy atom. The number of carbonyl (C=O) groups excluding carboxylic acids is 1. The van der Waals surface area contributed by atoms with Crippen LogP contribution < -0.4 is 10.0 Å². The van der Waals surface area contributed by atoms with Crippen molar-refractivity contribution in [1.82, 2.24) is 10.0 Å². The number of carbonyl (C=O) groups is 1. The van der Waals surface area contributed by atoms with E-state index in [0.29, 0.717) is 29.4 Å². The molecule has 1 saturated carbocycles. The molecule has 0 unspecified atom stereocenters. The topological polar surface area (TPSA) is 112 Å². The lowest BCUT2D eigenvalue weighted by atomic mass is 10.0. The molecule has 0 aliphatic heterocycles. The fraction of sp³-hybridized carbons (Fsp3) is 0.364. The molecule has 1 atom stereocenters. The quantitative estimate of drug-likeness (QED) is 0.481. The first-order valence-electron chi connectivity index (χ1n) is 9.98. The molecule has 3 aromatic rings. The predicted octanol–water partition coefficient (Wildman–Crippen LogP) is 4.31. The number of benzene rings is 2. The van der Waals surface area contributed by atoms with Crippen LogP contribution in [-0.2, 0) is 14.8 Å². The van der Waals surface area contributed by atoms with Gasteiger partial charge in [0.05, 0.1) is 11.0 Å². The summed E-state index contributed by atoms with van der Waals surface area (Å²) in [4.78, 5) is 12.7. The third-order valence-electron chi connectivity index (χ3n) is 5.34. The standard InChI is InChI=1S/C22H21BrFN3O4S/c1-21(2,24)11-17(20(28)26-22(12-25)7-8-22)27-32(29,30)14-4-6-18-16(10-14)15-5-3-13(23)9-19(15)31-18/h3-6,9-10,17,27H,7-8,11H2,1-2H3,(H,26,28)/t17-/m0/s1. The van der Waals surface area contributed by atoms with Gasteiger partial charge in [-0.15, -0.1) is 0 Å². The second kappa shape index (κ2) is 7.83. The summed E-state index contributed by atoms with van der Waals surface area (Å²) in [5.74, 6) is -0.724. The Balaban J connectivity index is 1.66. The van der Waals surface area contributed by atoms with Crippen LogP contribution in [0.3, 0.4) is 0 Å². The van der Waals surface area contributed by atoms with Crippen LogP contribution in [0.25, 0.3) is 21.9 Å². The van der Waals surface area contributed by atoms with Gasteiger partial charge < -0.3 is 9.73 Å². The van der Waals surface area contributed by atoms with Crippen molar-refractivity contribution in [3.05, 3.63) is 40.9 Å². The molecule has 32 heavy (non-hydrogen) atoms. The van der Waals surface area contributed by atoms with Crippen LogP contribution in [0, 0.1) is 11.3 Å². The number of nitrogens with zero attached hydrogens (tertiary/aromatic N) is 1. The van der Waals surface area contributed by atoms with Crippen molar-refractivity contribution >= 4 is 53.8 Å². The number of fused-ring (bicyclic) bond motifs is 3. The van der Waals surface area contributed by atoms with Gasteiger partial charge in [0.25, 0.3) is 0 Å². The molecular formula is C22H21BrFN3O4S. The summed E-state index contributed by atoms with van der Waals surface area (Å²) in [6, 6.07) is 10.4. The Hall–Kier alpha value is -2.48. The van der Waals surface area contributed by atoms with Gasteiger partial charge in [0.2, 0.25) is 15.9 Å². The number of rotatable bonds is 7. The molecule has 1 aliphatic carbocycles. The van der Waals surface area contributed by atoms with E-state index in [9.17, 15) is 22.9 Å². The van der Waals surface area contributed by atoms with Gasteiger partial charge in [-0.25, -0.2) is 12.8 Å². The van der Waals surface area contributed by atoms with E-state index in [1.54, 1.807) is 12.1 Å². The van der Waals surface area contributed by atoms with Gasteiger partial charge in [0.1, 0.15) is 28.4 Å². The van der Waals surface area contributed by atoms with Crippen LogP contribution in [-0.4, -0.2) is 31.6 Å². The number of hydrogen-bond donors (Lipinski definition) is 2. The Labute approximate surface area is 193 Å². The maximum Gasteiger partial charge on any atom is 0.241 e. The zero-order chi connectivity index (χ0) is 23.3. The number of halogens is 2. The monoisotopic (exact) mass is 521 g/mol. The molecule has 4 rings (SSSR count). The van der Waals surface area contributed by atoms with E-state index in [0.717, 1.165) is 9.86 Å². The van der Waals surface area contributed by atoms with Crippen molar-refractivity contribution < 1.29 is 22.0 Å². The fourth-order valence-corrected chi connectivity index (χ4v) is 5.10. The molecule has 1 aromatic heterocycles. The Morgan fingerprint density at radius 2 is 1.97 bits per heavy atom. The summed E-state index contributed by atoms with van der Waals surface area (Å²) in [7, 11) is -4.18. The normalized spacial score (nSPS) is 16.6. The molecule has 0 saturated heterocycles. The molecule has 1 fully saturated rings. The molecule has 1 aliphatic rings. The third kappa shape index (κ3) is 4.65. The van der Waals surface area contributed by atoms with Crippen LogP contribution >= 0.6 is 15.9 Å². The van der Waals surface area contributed by atoms with Crippen molar-refractivity contribution in [2.75, 3.05) is 0 Å². The first-order chi connectivity index (χ1) is 14.9. The third-order valence-corrected chi connectivity index (χ3v) is 7.31. The van der Waals surface area contributed by atoms with Gasteiger partial charge in [-0.05, 0) is 63.1 Å². The minimum absolute atomic E-state index is 0.0773. The van der Waals surface area contributed by atoms with Crippen molar-refractivity contribution in [3.8, 4) is 6.07 Å². The molecule has 10 heteroatoms. The summed E-state index contributed by atoms with van der Waals surface area (Å²) in [5, 5.41) is 13.1. The van der Waals surface area contributed by atoms with Crippen LogP contribution in [0.15, 0.2) is 50.2 Å². The molecule has 168 valence electrons. The lowest BCUT2D eigenvalue weighted by Crippen LogP contribution is -2.52. The van der Waals surface area contributed by atoms with Crippen LogP contribution in [0.1, 0.15) is 33.1 Å². The molecule has 2 N–H and O–H groups in total. The summed E-state index contributed by atoms with van der Waals surface area (Å²) >= 11 is 3.38. The maximum absolute atomic E-state index is 14.4. The van der Waals surface area contributed by atoms with E-state index < -0.39 is 33.2 Å². The molecule has 0 bridgehead atoms. The molecule has 2 aromatic carbocycles. The van der Waals surface area contributed by atoms with Gasteiger partial charge in [-0.1, -0.05) is 15.9 Å². The lowest BCUT2D eigenvalue weighted by Gasteiger charge is -2.24. The van der Waals surface area contributed by atoms with Crippen molar-refractivity contribution in [2.24, 2.45) is 0 Å². The summed E-state index contributed by atoms with van der Waals surface area (Å²) < 4.78 is 49.6. The number of furan rings is 1. The van der Waals surface area contributed by atoms with Crippen LogP contribution in [0.2, 0.25) is 0 Å². The van der Waals surface area contributed by atoms with Gasteiger partial charge >= 0.3 is 0 Å². The summed E-state index contributed by atoms with van der Waals surface area (Å²) in [6.45, 7) is 2.53. The highest BCUT2D eigenvalue weighted by Crippen LogP contribution is 2.35. The van der Waals surface area contributed by atoms with E-state index >= 15 is 0 Å². The Bertz CT molecular complexity index is 1370. The zero-order valence-electron chi connectivity index (χ0n) is 17.4. The van der Waals surface area contributed by atoms with E-state index in [4.69, 9.17) is 4.42 Å². The number of nitrogens with one attached hydrogen (secondary N) is 2. The molecular weight excluding hydrogens is 501 g/mol. The van der Waals surface area contributed by atoms with E-state index in [2.05, 4.69) is 26.0 Å². The van der Waals surface area contributed by atoms with Crippen LogP contribution in [0.4, 0.5) is 4.39 Å². The highest BCUT2D eigenvalue weighted by molar-refractivity contribution is 9.10. The number of amides is 1. The van der Waals surface area contributed by atoms with Gasteiger partial charge in [0.15, 0.2) is 0 Å². The minimum Gasteiger partial charge on any atom is -0.456 e. The second-order valence-corrected chi connectivity index (χ2v) is 11.3. The highest BCUT2D eigenvalue weighted by atomic mass is 79.9. The van der Waals surface area contributed by atoms with Crippen molar-refractivity contribution in [1.29, 1.82) is 5.26 Å². The number of hydrogen-bond acceptors (Lipinski definition) is 5. The Kier molecular flexibility index (Phi) is 5.56. The first-order valence-corrected chi connectivity index (χ1v) is 12.3. The Morgan fingerprint density at radius 3 is 2.59 bits per heavy atom. The van der Waals surface area contributed by atoms with Gasteiger partial charge in [-0.3, -0.25) is 4.79 Å². The molecule has 7 nitrogen and oxygen atoms in total. The average Bonchev–Trinajstić information content (AvgIpc) is 3.37. The zero-order valence-corrected chi connectivity index (χ0v) is 19.8. The SMILES string of the molecule is CC(C)(F)C[C@H](NS(=O)(=O)c1ccc2oc3cc(Br)ccc3c2c1)C(=O)NC1(C#N)CC1. The van der Waals surface area contributed by atoms with E-state index in [1.165, 1.54) is 26.0 Å². The largest absolute Gasteiger partial charge is 0.456 e. The van der Waals surface area contributed by atoms with E-state index in [-0.39, 0.29) is 11.3 Å². The molecule has 1 amide bonds. The smallest absolute Gasteiger partial charge is 0.241 e. The molecule has 1 heterocycles. The first kappa shape index (κ1) is 22.7. The summed E-state index contributed by atoms with van der Waals surface area (Å²) in [6.07, 6.45) is 0.576. The average molecular weight is 522 g/mol.